The third-order valence-corrected chi connectivity index (χ3v) is 2.26. The number of methoxy groups -OCH3 is 1. The molecule has 0 spiro atoms. The number of aryl methyl sites for hydroxylation is 1. The molecule has 1 aromatic heterocycles. The zero-order valence-electron chi connectivity index (χ0n) is 10.8. The molecule has 0 N–H and O–H groups in total. The average molecular weight is 253 g/mol. The van der Waals surface area contributed by atoms with Gasteiger partial charge in [-0.05, 0) is 25.5 Å². The summed E-state index contributed by atoms with van der Waals surface area (Å²) in [5.41, 5.74) is 1.12. The highest BCUT2D eigenvalue weighted by Crippen LogP contribution is 2.14. The number of hydrogen-bond acceptors (Lipinski definition) is 5. The molecule has 0 aliphatic carbocycles. The van der Waals surface area contributed by atoms with E-state index in [0.717, 1.165) is 12.1 Å². The zero-order valence-corrected chi connectivity index (χ0v) is 10.8. The minimum absolute atomic E-state index is 0.328. The molecule has 0 aromatic carbocycles. The van der Waals surface area contributed by atoms with Crippen molar-refractivity contribution < 1.29 is 19.0 Å². The monoisotopic (exact) mass is 253 g/mol. The third kappa shape index (κ3) is 5.25. The van der Waals surface area contributed by atoms with Crippen LogP contribution in [0.25, 0.3) is 0 Å². The van der Waals surface area contributed by atoms with Gasteiger partial charge in [-0.3, -0.25) is 4.79 Å². The molecule has 0 bridgehead atoms. The van der Waals surface area contributed by atoms with Crippen LogP contribution in [0.1, 0.15) is 22.6 Å². The van der Waals surface area contributed by atoms with Crippen LogP contribution in [0, 0.1) is 6.92 Å². The Bertz CT molecular complexity index is 368. The van der Waals surface area contributed by atoms with E-state index < -0.39 is 0 Å². The highest BCUT2D eigenvalue weighted by molar-refractivity contribution is 5.76. The molecule has 0 unspecified atom stereocenters. The number of ether oxygens (including phenoxy) is 3. The number of rotatable bonds is 9. The predicted octanol–water partition coefficient (Wildman–Crippen LogP) is 1.63. The molecule has 5 heteroatoms. The summed E-state index contributed by atoms with van der Waals surface area (Å²) < 4.78 is 15.7. The van der Waals surface area contributed by atoms with Gasteiger partial charge in [-0.25, -0.2) is 4.98 Å². The molecule has 0 atom stereocenters. The zero-order chi connectivity index (χ0) is 13.2. The third-order valence-electron chi connectivity index (χ3n) is 2.26. The maximum atomic E-state index is 10.8. The summed E-state index contributed by atoms with van der Waals surface area (Å²) in [6.07, 6.45) is 1.56. The van der Waals surface area contributed by atoms with Crippen molar-refractivity contribution in [2.75, 3.05) is 33.5 Å². The molecule has 1 rings (SSSR count). The lowest BCUT2D eigenvalue weighted by molar-refractivity contribution is 0.0801. The molecule has 5 nitrogen and oxygen atoms in total. The number of hydrogen-bond donors (Lipinski definition) is 0. The van der Waals surface area contributed by atoms with Gasteiger partial charge in [0.1, 0.15) is 18.1 Å². The molecule has 0 amide bonds. The first-order valence-corrected chi connectivity index (χ1v) is 5.90. The number of carbonyl (C=O) groups is 1. The molecule has 0 fully saturated rings. The van der Waals surface area contributed by atoms with Crippen molar-refractivity contribution in [3.63, 3.8) is 0 Å². The first kappa shape index (κ1) is 14.6. The molecule has 0 aliphatic heterocycles. The molecule has 18 heavy (non-hydrogen) atoms. The summed E-state index contributed by atoms with van der Waals surface area (Å²) in [5.74, 6) is 0.496. The van der Waals surface area contributed by atoms with Crippen LogP contribution >= 0.6 is 0 Å². The summed E-state index contributed by atoms with van der Waals surface area (Å²) in [4.78, 5) is 14.9. The molecule has 1 heterocycles. The Hall–Kier alpha value is -1.46. The van der Waals surface area contributed by atoms with E-state index >= 15 is 0 Å². The molecule has 0 saturated heterocycles. The molecule has 100 valence electrons. The van der Waals surface area contributed by atoms with Crippen molar-refractivity contribution in [2.45, 2.75) is 13.3 Å². The molecular weight excluding hydrogens is 234 g/mol. The van der Waals surface area contributed by atoms with E-state index in [0.29, 0.717) is 44.2 Å². The molecular formula is C13H19NO4. The van der Waals surface area contributed by atoms with Gasteiger partial charge >= 0.3 is 0 Å². The van der Waals surface area contributed by atoms with Gasteiger partial charge in [0, 0.05) is 26.0 Å². The van der Waals surface area contributed by atoms with Crippen molar-refractivity contribution in [2.24, 2.45) is 0 Å². The van der Waals surface area contributed by atoms with Gasteiger partial charge in [-0.2, -0.15) is 0 Å². The number of carbonyl (C=O) groups excluding carboxylic acids is 1. The highest BCUT2D eigenvalue weighted by Gasteiger charge is 2.04. The Balaban J connectivity index is 2.25. The van der Waals surface area contributed by atoms with Crippen LogP contribution < -0.4 is 4.74 Å². The van der Waals surface area contributed by atoms with E-state index in [9.17, 15) is 4.79 Å². The minimum Gasteiger partial charge on any atom is -0.489 e. The maximum absolute atomic E-state index is 10.8. The second kappa shape index (κ2) is 8.60. The lowest BCUT2D eigenvalue weighted by Gasteiger charge is -2.08. The fourth-order valence-electron chi connectivity index (χ4n) is 1.39. The standard InChI is InChI=1S/C13H19NO4/c1-11-4-5-13(12(10-15)14-11)18-9-8-17-7-3-6-16-2/h4-5,10H,3,6-9H2,1-2H3. The van der Waals surface area contributed by atoms with Crippen LogP contribution in [0.4, 0.5) is 0 Å². The van der Waals surface area contributed by atoms with Crippen LogP contribution in [-0.4, -0.2) is 44.8 Å². The van der Waals surface area contributed by atoms with Gasteiger partial charge in [0.2, 0.25) is 0 Å². The van der Waals surface area contributed by atoms with Crippen LogP contribution in [-0.2, 0) is 9.47 Å². The SMILES string of the molecule is COCCCOCCOc1ccc(C)nc1C=O. The van der Waals surface area contributed by atoms with Crippen molar-refractivity contribution >= 4 is 6.29 Å². The van der Waals surface area contributed by atoms with Crippen LogP contribution in [0.2, 0.25) is 0 Å². The van der Waals surface area contributed by atoms with Crippen LogP contribution in [0.15, 0.2) is 12.1 Å². The molecule has 0 saturated carbocycles. The second-order valence-electron chi connectivity index (χ2n) is 3.76. The predicted molar refractivity (Wildman–Crippen MR) is 67.2 cm³/mol. The summed E-state index contributed by atoms with van der Waals surface area (Å²) in [6, 6.07) is 3.55. The van der Waals surface area contributed by atoms with Gasteiger partial charge in [-0.15, -0.1) is 0 Å². The van der Waals surface area contributed by atoms with Crippen LogP contribution in [0.3, 0.4) is 0 Å². The lowest BCUT2D eigenvalue weighted by atomic mass is 10.3. The second-order valence-corrected chi connectivity index (χ2v) is 3.76. The topological polar surface area (TPSA) is 57.6 Å². The van der Waals surface area contributed by atoms with Gasteiger partial charge in [0.15, 0.2) is 6.29 Å². The van der Waals surface area contributed by atoms with E-state index in [1.165, 1.54) is 0 Å². The first-order valence-electron chi connectivity index (χ1n) is 5.90. The Morgan fingerprint density at radius 3 is 2.78 bits per heavy atom. The molecule has 0 aliphatic rings. The van der Waals surface area contributed by atoms with Crippen molar-refractivity contribution in [1.82, 2.24) is 4.98 Å². The summed E-state index contributed by atoms with van der Waals surface area (Å²) >= 11 is 0. The lowest BCUT2D eigenvalue weighted by Crippen LogP contribution is -2.10. The Morgan fingerprint density at radius 1 is 1.22 bits per heavy atom. The van der Waals surface area contributed by atoms with E-state index in [-0.39, 0.29) is 0 Å². The van der Waals surface area contributed by atoms with Crippen molar-refractivity contribution in [3.8, 4) is 5.75 Å². The maximum Gasteiger partial charge on any atom is 0.172 e. The summed E-state index contributed by atoms with van der Waals surface area (Å²) in [6.45, 7) is 4.05. The van der Waals surface area contributed by atoms with Gasteiger partial charge in [0.05, 0.1) is 6.61 Å². The number of pyridine rings is 1. The van der Waals surface area contributed by atoms with Crippen molar-refractivity contribution in [3.05, 3.63) is 23.5 Å². The Kier molecular flexibility index (Phi) is 6.98. The summed E-state index contributed by atoms with van der Waals surface area (Å²) in [5, 5.41) is 0. The van der Waals surface area contributed by atoms with E-state index in [1.807, 2.05) is 13.0 Å². The number of aldehydes is 1. The van der Waals surface area contributed by atoms with Crippen molar-refractivity contribution in [1.29, 1.82) is 0 Å². The molecule has 0 radical (unpaired) electrons. The fourth-order valence-corrected chi connectivity index (χ4v) is 1.39. The number of aromatic nitrogens is 1. The van der Waals surface area contributed by atoms with Gasteiger partial charge in [-0.1, -0.05) is 0 Å². The Morgan fingerprint density at radius 2 is 2.06 bits per heavy atom. The van der Waals surface area contributed by atoms with Crippen LogP contribution in [0.5, 0.6) is 5.75 Å². The number of nitrogens with zero attached hydrogens (tertiary/aromatic N) is 1. The average Bonchev–Trinajstić information content (AvgIpc) is 2.39. The van der Waals surface area contributed by atoms with Gasteiger partial charge < -0.3 is 14.2 Å². The fraction of sp³-hybridized carbons (Fsp3) is 0.538. The summed E-state index contributed by atoms with van der Waals surface area (Å²) in [7, 11) is 1.66. The minimum atomic E-state index is 0.328. The molecule has 1 aromatic rings. The first-order chi connectivity index (χ1) is 8.77. The highest BCUT2D eigenvalue weighted by atomic mass is 16.5. The normalized spacial score (nSPS) is 10.3. The Labute approximate surface area is 107 Å². The largest absolute Gasteiger partial charge is 0.489 e. The quantitative estimate of drug-likeness (QED) is 0.494. The van der Waals surface area contributed by atoms with E-state index in [2.05, 4.69) is 4.98 Å². The van der Waals surface area contributed by atoms with E-state index in [1.54, 1.807) is 13.2 Å². The van der Waals surface area contributed by atoms with E-state index in [4.69, 9.17) is 14.2 Å². The smallest absolute Gasteiger partial charge is 0.172 e. The van der Waals surface area contributed by atoms with Gasteiger partial charge in [0.25, 0.3) is 0 Å².